The summed E-state index contributed by atoms with van der Waals surface area (Å²) in [6, 6.07) is 9.00. The standard InChI is InChI=1S/C14H18N2O2S2/c1-11-4-5-14(9-12(11)10-15)20(17,18)16-7-6-13-3-2-8-19-13/h2-5,8-9,16H,6-7,10,15H2,1H3. The lowest BCUT2D eigenvalue weighted by molar-refractivity contribution is 0.581. The van der Waals surface area contributed by atoms with E-state index >= 15 is 0 Å². The van der Waals surface area contributed by atoms with Crippen molar-refractivity contribution in [2.75, 3.05) is 6.54 Å². The van der Waals surface area contributed by atoms with E-state index in [-0.39, 0.29) is 4.90 Å². The van der Waals surface area contributed by atoms with Gasteiger partial charge in [-0.3, -0.25) is 0 Å². The molecule has 0 fully saturated rings. The molecular formula is C14H18N2O2S2. The SMILES string of the molecule is Cc1ccc(S(=O)(=O)NCCc2cccs2)cc1CN. The molecule has 3 N–H and O–H groups in total. The fourth-order valence-electron chi connectivity index (χ4n) is 1.88. The quantitative estimate of drug-likeness (QED) is 0.857. The lowest BCUT2D eigenvalue weighted by atomic mass is 10.1. The number of hydrogen-bond donors (Lipinski definition) is 2. The summed E-state index contributed by atoms with van der Waals surface area (Å²) in [7, 11) is -3.46. The zero-order valence-corrected chi connectivity index (χ0v) is 12.9. The van der Waals surface area contributed by atoms with Crippen molar-refractivity contribution in [1.82, 2.24) is 4.72 Å². The average molecular weight is 310 g/mol. The molecule has 1 aromatic heterocycles. The highest BCUT2D eigenvalue weighted by atomic mass is 32.2. The number of nitrogens with two attached hydrogens (primary N) is 1. The van der Waals surface area contributed by atoms with E-state index in [1.54, 1.807) is 29.5 Å². The smallest absolute Gasteiger partial charge is 0.240 e. The zero-order chi connectivity index (χ0) is 14.6. The minimum absolute atomic E-state index is 0.273. The number of hydrogen-bond acceptors (Lipinski definition) is 4. The Balaban J connectivity index is 2.06. The molecule has 6 heteroatoms. The molecule has 2 rings (SSSR count). The zero-order valence-electron chi connectivity index (χ0n) is 11.3. The van der Waals surface area contributed by atoms with Crippen LogP contribution in [0, 0.1) is 6.92 Å². The van der Waals surface area contributed by atoms with Crippen LogP contribution in [0.2, 0.25) is 0 Å². The Labute approximate surface area is 123 Å². The lowest BCUT2D eigenvalue weighted by Crippen LogP contribution is -2.26. The van der Waals surface area contributed by atoms with Crippen LogP contribution in [-0.4, -0.2) is 15.0 Å². The fraction of sp³-hybridized carbons (Fsp3) is 0.286. The van der Waals surface area contributed by atoms with E-state index in [1.165, 1.54) is 4.88 Å². The second kappa shape index (κ2) is 6.49. The monoisotopic (exact) mass is 310 g/mol. The van der Waals surface area contributed by atoms with E-state index in [2.05, 4.69) is 4.72 Å². The first kappa shape index (κ1) is 15.2. The number of aryl methyl sites for hydroxylation is 1. The fourth-order valence-corrected chi connectivity index (χ4v) is 3.67. The summed E-state index contributed by atoms with van der Waals surface area (Å²) >= 11 is 1.63. The Kier molecular flexibility index (Phi) is 4.93. The molecule has 20 heavy (non-hydrogen) atoms. The molecule has 4 nitrogen and oxygen atoms in total. The first-order valence-corrected chi connectivity index (χ1v) is 8.71. The molecule has 0 spiro atoms. The van der Waals surface area contributed by atoms with Crippen LogP contribution in [0.15, 0.2) is 40.6 Å². The third kappa shape index (κ3) is 3.67. The van der Waals surface area contributed by atoms with Gasteiger partial charge in [0.2, 0.25) is 10.0 Å². The molecule has 1 aromatic carbocycles. The van der Waals surface area contributed by atoms with Crippen molar-refractivity contribution >= 4 is 21.4 Å². The van der Waals surface area contributed by atoms with E-state index in [4.69, 9.17) is 5.73 Å². The van der Waals surface area contributed by atoms with Crippen LogP contribution in [0.5, 0.6) is 0 Å². The van der Waals surface area contributed by atoms with Crippen molar-refractivity contribution in [1.29, 1.82) is 0 Å². The Bertz CT molecular complexity index is 664. The highest BCUT2D eigenvalue weighted by Gasteiger charge is 2.14. The normalized spacial score (nSPS) is 11.7. The van der Waals surface area contributed by atoms with Gasteiger partial charge in [-0.2, -0.15) is 0 Å². The summed E-state index contributed by atoms with van der Waals surface area (Å²) in [5.74, 6) is 0. The Hall–Kier alpha value is -1.21. The van der Waals surface area contributed by atoms with Gasteiger partial charge in [-0.25, -0.2) is 13.1 Å². The molecule has 0 aliphatic heterocycles. The lowest BCUT2D eigenvalue weighted by Gasteiger charge is -2.09. The van der Waals surface area contributed by atoms with Crippen molar-refractivity contribution in [3.05, 3.63) is 51.7 Å². The minimum Gasteiger partial charge on any atom is -0.326 e. The number of nitrogens with one attached hydrogen (secondary N) is 1. The highest BCUT2D eigenvalue weighted by molar-refractivity contribution is 7.89. The summed E-state index contributed by atoms with van der Waals surface area (Å²) in [5, 5.41) is 1.98. The molecule has 0 aliphatic rings. The molecule has 0 aliphatic carbocycles. The average Bonchev–Trinajstić information content (AvgIpc) is 2.92. The third-order valence-electron chi connectivity index (χ3n) is 3.09. The van der Waals surface area contributed by atoms with Gasteiger partial charge in [0.15, 0.2) is 0 Å². The summed E-state index contributed by atoms with van der Waals surface area (Å²) in [5.41, 5.74) is 7.47. The van der Waals surface area contributed by atoms with Crippen molar-refractivity contribution < 1.29 is 8.42 Å². The maximum atomic E-state index is 12.2. The van der Waals surface area contributed by atoms with E-state index in [9.17, 15) is 8.42 Å². The molecular weight excluding hydrogens is 292 g/mol. The van der Waals surface area contributed by atoms with Crippen molar-refractivity contribution in [2.24, 2.45) is 5.73 Å². The molecule has 0 atom stereocenters. The van der Waals surface area contributed by atoms with Gasteiger partial charge < -0.3 is 5.73 Å². The summed E-state index contributed by atoms with van der Waals surface area (Å²) in [6.45, 7) is 2.65. The second-order valence-electron chi connectivity index (χ2n) is 4.52. The van der Waals surface area contributed by atoms with Gasteiger partial charge in [-0.05, 0) is 48.1 Å². The molecule has 1 heterocycles. The van der Waals surface area contributed by atoms with Gasteiger partial charge in [0.05, 0.1) is 4.90 Å². The van der Waals surface area contributed by atoms with Crippen LogP contribution < -0.4 is 10.5 Å². The molecule has 0 saturated carbocycles. The summed E-state index contributed by atoms with van der Waals surface area (Å²) < 4.78 is 27.0. The van der Waals surface area contributed by atoms with Crippen LogP contribution in [0.3, 0.4) is 0 Å². The van der Waals surface area contributed by atoms with Gasteiger partial charge >= 0.3 is 0 Å². The van der Waals surface area contributed by atoms with E-state index in [1.807, 2.05) is 24.4 Å². The van der Waals surface area contributed by atoms with Crippen molar-refractivity contribution in [2.45, 2.75) is 24.8 Å². The number of sulfonamides is 1. The predicted octanol–water partition coefficient (Wildman–Crippen LogP) is 2.04. The predicted molar refractivity (Wildman–Crippen MR) is 82.3 cm³/mol. The Morgan fingerprint density at radius 2 is 2.10 bits per heavy atom. The molecule has 0 amide bonds. The first-order chi connectivity index (χ1) is 9.53. The first-order valence-electron chi connectivity index (χ1n) is 6.34. The highest BCUT2D eigenvalue weighted by Crippen LogP contribution is 2.15. The van der Waals surface area contributed by atoms with Gasteiger partial charge in [0.25, 0.3) is 0 Å². The van der Waals surface area contributed by atoms with Crippen molar-refractivity contribution in [3.63, 3.8) is 0 Å². The van der Waals surface area contributed by atoms with E-state index < -0.39 is 10.0 Å². The van der Waals surface area contributed by atoms with Crippen LogP contribution in [0.1, 0.15) is 16.0 Å². The Morgan fingerprint density at radius 1 is 1.30 bits per heavy atom. The van der Waals surface area contributed by atoms with Gasteiger partial charge in [-0.1, -0.05) is 12.1 Å². The minimum atomic E-state index is -3.46. The largest absolute Gasteiger partial charge is 0.326 e. The second-order valence-corrected chi connectivity index (χ2v) is 7.32. The van der Waals surface area contributed by atoms with Crippen LogP contribution in [0.25, 0.3) is 0 Å². The van der Waals surface area contributed by atoms with Gasteiger partial charge in [0.1, 0.15) is 0 Å². The maximum Gasteiger partial charge on any atom is 0.240 e. The van der Waals surface area contributed by atoms with Gasteiger partial charge in [0, 0.05) is 18.0 Å². The van der Waals surface area contributed by atoms with E-state index in [0.29, 0.717) is 19.5 Å². The van der Waals surface area contributed by atoms with Crippen LogP contribution in [0.4, 0.5) is 0 Å². The van der Waals surface area contributed by atoms with Crippen LogP contribution >= 0.6 is 11.3 Å². The Morgan fingerprint density at radius 3 is 2.75 bits per heavy atom. The molecule has 108 valence electrons. The molecule has 0 bridgehead atoms. The summed E-state index contributed by atoms with van der Waals surface area (Å²) in [6.07, 6.45) is 0.701. The van der Waals surface area contributed by atoms with Gasteiger partial charge in [-0.15, -0.1) is 11.3 Å². The molecule has 2 aromatic rings. The third-order valence-corrected chi connectivity index (χ3v) is 5.49. The number of thiophene rings is 1. The topological polar surface area (TPSA) is 72.2 Å². The molecule has 0 unspecified atom stereocenters. The maximum absolute atomic E-state index is 12.2. The number of benzene rings is 1. The molecule has 0 saturated heterocycles. The summed E-state index contributed by atoms with van der Waals surface area (Å²) in [4.78, 5) is 1.44. The van der Waals surface area contributed by atoms with Crippen LogP contribution in [-0.2, 0) is 23.0 Å². The van der Waals surface area contributed by atoms with Crippen molar-refractivity contribution in [3.8, 4) is 0 Å². The number of rotatable bonds is 6. The van der Waals surface area contributed by atoms with E-state index in [0.717, 1.165) is 11.1 Å². The molecule has 0 radical (unpaired) electrons.